The van der Waals surface area contributed by atoms with Crippen LogP contribution < -0.4 is 0 Å². The molecule has 136 valence electrons. The molecule has 0 bridgehead atoms. The summed E-state index contributed by atoms with van der Waals surface area (Å²) in [4.78, 5) is 7.25. The number of piperidine rings is 1. The summed E-state index contributed by atoms with van der Waals surface area (Å²) in [6, 6.07) is 11.0. The van der Waals surface area contributed by atoms with Gasteiger partial charge in [-0.3, -0.25) is 4.90 Å². The van der Waals surface area contributed by atoms with E-state index < -0.39 is 0 Å². The van der Waals surface area contributed by atoms with E-state index in [0.717, 1.165) is 19.6 Å². The van der Waals surface area contributed by atoms with Crippen LogP contribution in [-0.4, -0.2) is 37.3 Å². The van der Waals surface area contributed by atoms with Crippen molar-refractivity contribution in [2.45, 2.75) is 45.2 Å². The number of aromatic nitrogens is 4. The van der Waals surface area contributed by atoms with Crippen LogP contribution in [-0.2, 0) is 6.54 Å². The van der Waals surface area contributed by atoms with E-state index in [4.69, 9.17) is 0 Å². The standard InChI is InChI=1S/C21H27N5/c1-17(2)25-14-11-22-21(25)19-8-5-12-24(16-19)15-18-7-3-4-9-20(18)26-13-6-10-23-26/h3-4,6-7,9-11,13-14,17,19H,5,8,12,15-16H2,1-2H3/t19-/m1/s1. The van der Waals surface area contributed by atoms with Crippen LogP contribution in [0.15, 0.2) is 55.1 Å². The summed E-state index contributed by atoms with van der Waals surface area (Å²) in [5.74, 6) is 1.75. The molecule has 1 atom stereocenters. The number of likely N-dealkylation sites (tertiary alicyclic amines) is 1. The molecule has 0 N–H and O–H groups in total. The lowest BCUT2D eigenvalue weighted by atomic mass is 9.96. The molecule has 1 fully saturated rings. The molecule has 5 heteroatoms. The molecule has 1 aliphatic rings. The van der Waals surface area contributed by atoms with Gasteiger partial charge in [0.25, 0.3) is 0 Å². The maximum atomic E-state index is 4.68. The Balaban J connectivity index is 1.52. The third kappa shape index (κ3) is 3.44. The molecule has 5 nitrogen and oxygen atoms in total. The zero-order chi connectivity index (χ0) is 17.9. The zero-order valence-electron chi connectivity index (χ0n) is 15.6. The highest BCUT2D eigenvalue weighted by Gasteiger charge is 2.25. The number of nitrogens with zero attached hydrogens (tertiary/aromatic N) is 5. The fourth-order valence-electron chi connectivity index (χ4n) is 4.01. The second kappa shape index (κ2) is 7.46. The van der Waals surface area contributed by atoms with Crippen LogP contribution in [0.4, 0.5) is 0 Å². The van der Waals surface area contributed by atoms with Gasteiger partial charge in [-0.05, 0) is 50.9 Å². The lowest BCUT2D eigenvalue weighted by Gasteiger charge is -2.33. The highest BCUT2D eigenvalue weighted by Crippen LogP contribution is 2.29. The van der Waals surface area contributed by atoms with Crippen molar-refractivity contribution in [1.82, 2.24) is 24.2 Å². The molecule has 0 unspecified atom stereocenters. The first-order chi connectivity index (χ1) is 12.7. The largest absolute Gasteiger partial charge is 0.332 e. The lowest BCUT2D eigenvalue weighted by molar-refractivity contribution is 0.194. The third-order valence-corrected chi connectivity index (χ3v) is 5.26. The maximum absolute atomic E-state index is 4.68. The Morgan fingerprint density at radius 1 is 1.12 bits per heavy atom. The van der Waals surface area contributed by atoms with Crippen LogP contribution in [0.3, 0.4) is 0 Å². The molecule has 3 heterocycles. The van der Waals surface area contributed by atoms with Crippen molar-refractivity contribution in [3.63, 3.8) is 0 Å². The van der Waals surface area contributed by atoms with Gasteiger partial charge >= 0.3 is 0 Å². The molecule has 0 spiro atoms. The summed E-state index contributed by atoms with van der Waals surface area (Å²) in [6.45, 7) is 7.62. The Morgan fingerprint density at radius 3 is 2.81 bits per heavy atom. The molecule has 0 amide bonds. The van der Waals surface area contributed by atoms with Gasteiger partial charge in [0.1, 0.15) is 5.82 Å². The molecule has 0 radical (unpaired) electrons. The first-order valence-corrected chi connectivity index (χ1v) is 9.55. The van der Waals surface area contributed by atoms with Crippen molar-refractivity contribution in [2.75, 3.05) is 13.1 Å². The van der Waals surface area contributed by atoms with Gasteiger partial charge < -0.3 is 4.57 Å². The molecule has 3 aromatic rings. The first kappa shape index (κ1) is 17.0. The minimum Gasteiger partial charge on any atom is -0.332 e. The molecule has 1 aliphatic heterocycles. The van der Waals surface area contributed by atoms with Crippen LogP contribution >= 0.6 is 0 Å². The highest BCUT2D eigenvalue weighted by molar-refractivity contribution is 5.40. The molecular formula is C21H27N5. The molecule has 0 aliphatic carbocycles. The second-order valence-electron chi connectivity index (χ2n) is 7.44. The Labute approximate surface area is 155 Å². The van der Waals surface area contributed by atoms with Crippen LogP contribution in [0.1, 0.15) is 50.0 Å². The third-order valence-electron chi connectivity index (χ3n) is 5.26. The van der Waals surface area contributed by atoms with Crippen molar-refractivity contribution in [3.05, 3.63) is 66.5 Å². The van der Waals surface area contributed by atoms with Gasteiger partial charge in [-0.15, -0.1) is 0 Å². The van der Waals surface area contributed by atoms with Crippen LogP contribution in [0.25, 0.3) is 5.69 Å². The molecule has 1 aromatic carbocycles. The Bertz CT molecular complexity index is 834. The van der Waals surface area contributed by atoms with Crippen LogP contribution in [0.5, 0.6) is 0 Å². The van der Waals surface area contributed by atoms with Crippen LogP contribution in [0, 0.1) is 0 Å². The van der Waals surface area contributed by atoms with Gasteiger partial charge in [-0.25, -0.2) is 9.67 Å². The van der Waals surface area contributed by atoms with Gasteiger partial charge in [-0.2, -0.15) is 5.10 Å². The second-order valence-corrected chi connectivity index (χ2v) is 7.44. The Hall–Kier alpha value is -2.40. The Kier molecular flexibility index (Phi) is 4.89. The average Bonchev–Trinajstić information content (AvgIpc) is 3.34. The van der Waals surface area contributed by atoms with Crippen molar-refractivity contribution < 1.29 is 0 Å². The monoisotopic (exact) mass is 349 g/mol. The molecule has 26 heavy (non-hydrogen) atoms. The highest BCUT2D eigenvalue weighted by atomic mass is 15.3. The predicted molar refractivity (Wildman–Crippen MR) is 103 cm³/mol. The molecule has 2 aromatic heterocycles. The van der Waals surface area contributed by atoms with E-state index in [9.17, 15) is 0 Å². The topological polar surface area (TPSA) is 38.9 Å². The van der Waals surface area contributed by atoms with Gasteiger partial charge in [0.15, 0.2) is 0 Å². The molecular weight excluding hydrogens is 322 g/mol. The van der Waals surface area contributed by atoms with E-state index in [1.165, 1.54) is 29.9 Å². The number of imidazole rings is 1. The normalized spacial score (nSPS) is 18.5. The van der Waals surface area contributed by atoms with E-state index in [-0.39, 0.29) is 0 Å². The summed E-state index contributed by atoms with van der Waals surface area (Å²) in [5.41, 5.74) is 2.49. The number of hydrogen-bond acceptors (Lipinski definition) is 3. The smallest absolute Gasteiger partial charge is 0.113 e. The Morgan fingerprint density at radius 2 is 2.00 bits per heavy atom. The zero-order valence-corrected chi connectivity index (χ0v) is 15.6. The van der Waals surface area contributed by atoms with Crippen molar-refractivity contribution in [2.24, 2.45) is 0 Å². The van der Waals surface area contributed by atoms with Gasteiger partial charge in [0, 0.05) is 49.8 Å². The van der Waals surface area contributed by atoms with Crippen molar-refractivity contribution in [1.29, 1.82) is 0 Å². The lowest BCUT2D eigenvalue weighted by Crippen LogP contribution is -2.35. The maximum Gasteiger partial charge on any atom is 0.113 e. The predicted octanol–water partition coefficient (Wildman–Crippen LogP) is 4.03. The van der Waals surface area contributed by atoms with Crippen LogP contribution in [0.2, 0.25) is 0 Å². The van der Waals surface area contributed by atoms with Gasteiger partial charge in [0.05, 0.1) is 5.69 Å². The average molecular weight is 349 g/mol. The van der Waals surface area contributed by atoms with Gasteiger partial charge in [0.2, 0.25) is 0 Å². The van der Waals surface area contributed by atoms with E-state index in [1.54, 1.807) is 0 Å². The van der Waals surface area contributed by atoms with E-state index >= 15 is 0 Å². The van der Waals surface area contributed by atoms with Crippen molar-refractivity contribution >= 4 is 0 Å². The van der Waals surface area contributed by atoms with E-state index in [2.05, 4.69) is 63.9 Å². The number of benzene rings is 1. The quantitative estimate of drug-likeness (QED) is 0.698. The molecule has 0 saturated carbocycles. The minimum absolute atomic E-state index is 0.461. The summed E-state index contributed by atoms with van der Waals surface area (Å²) in [7, 11) is 0. The molecule has 4 rings (SSSR count). The van der Waals surface area contributed by atoms with E-state index in [1.807, 2.05) is 29.3 Å². The SMILES string of the molecule is CC(C)n1ccnc1[C@@H]1CCCN(Cc2ccccc2-n2cccn2)C1. The van der Waals surface area contributed by atoms with Gasteiger partial charge in [-0.1, -0.05) is 18.2 Å². The van der Waals surface area contributed by atoms with Crippen molar-refractivity contribution in [3.8, 4) is 5.69 Å². The summed E-state index contributed by atoms with van der Waals surface area (Å²) >= 11 is 0. The molecule has 1 saturated heterocycles. The number of para-hydroxylation sites is 1. The summed E-state index contributed by atoms with van der Waals surface area (Å²) in [6.07, 6.45) is 10.4. The number of hydrogen-bond donors (Lipinski definition) is 0. The van der Waals surface area contributed by atoms with E-state index in [0.29, 0.717) is 12.0 Å². The summed E-state index contributed by atoms with van der Waals surface area (Å²) < 4.78 is 4.29. The summed E-state index contributed by atoms with van der Waals surface area (Å²) in [5, 5.41) is 4.41. The number of rotatable bonds is 5. The fourth-order valence-corrected chi connectivity index (χ4v) is 4.01. The first-order valence-electron chi connectivity index (χ1n) is 9.55. The minimum atomic E-state index is 0.461. The fraction of sp³-hybridized carbons (Fsp3) is 0.429.